The van der Waals surface area contributed by atoms with E-state index in [2.05, 4.69) is 91.8 Å². The molecule has 60 heavy (non-hydrogen) atoms. The number of nitrogens with zero attached hydrogens (tertiary/aromatic N) is 2. The fourth-order valence-electron chi connectivity index (χ4n) is 14.3. The van der Waals surface area contributed by atoms with Crippen molar-refractivity contribution in [2.75, 3.05) is 13.1 Å². The first kappa shape index (κ1) is 39.5. The predicted octanol–water partition coefficient (Wildman–Crippen LogP) is 11.7. The van der Waals surface area contributed by atoms with E-state index in [0.29, 0.717) is 69.8 Å². The van der Waals surface area contributed by atoms with Crippen molar-refractivity contribution >= 4 is 34.4 Å². The van der Waals surface area contributed by atoms with Crippen LogP contribution >= 0.6 is 0 Å². The van der Waals surface area contributed by atoms with Gasteiger partial charge in [-0.2, -0.15) is 0 Å². The molecule has 4 aliphatic carbocycles. The zero-order valence-electron chi connectivity index (χ0n) is 37.1. The smallest absolute Gasteiger partial charge is 0.261 e. The van der Waals surface area contributed by atoms with Gasteiger partial charge in [-0.15, -0.1) is 0 Å². The van der Waals surface area contributed by atoms with Crippen LogP contribution in [0, 0.1) is 22.7 Å². The number of rotatable bonds is 6. The molecule has 4 aromatic rings. The molecule has 10 rings (SSSR count). The van der Waals surface area contributed by atoms with Crippen molar-refractivity contribution in [3.05, 3.63) is 116 Å². The van der Waals surface area contributed by atoms with Crippen LogP contribution in [-0.2, 0) is 23.7 Å². The van der Waals surface area contributed by atoms with Gasteiger partial charge in [0.15, 0.2) is 0 Å². The Balaban J connectivity index is 0.953. The Hall–Kier alpha value is -4.58. The summed E-state index contributed by atoms with van der Waals surface area (Å²) in [5.41, 5.74) is 9.56. The molecule has 4 amide bonds. The maximum absolute atomic E-state index is 14.7. The molecule has 0 spiro atoms. The van der Waals surface area contributed by atoms with Crippen molar-refractivity contribution in [3.63, 3.8) is 0 Å². The van der Waals surface area contributed by atoms with Crippen molar-refractivity contribution in [2.24, 2.45) is 22.7 Å². The minimum absolute atomic E-state index is 0.0369. The Bertz CT molecular complexity index is 2310. The van der Waals surface area contributed by atoms with Gasteiger partial charge in [0, 0.05) is 46.1 Å². The molecule has 4 aromatic carbocycles. The molecule has 0 unspecified atom stereocenters. The Kier molecular flexibility index (Phi) is 8.87. The molecule has 2 heterocycles. The third-order valence-electron chi connectivity index (χ3n) is 17.4. The Morgan fingerprint density at radius 1 is 0.517 bits per heavy atom. The average molecular weight is 803 g/mol. The van der Waals surface area contributed by atoms with Crippen LogP contribution in [0.4, 0.5) is 0 Å². The van der Waals surface area contributed by atoms with E-state index < -0.39 is 0 Å². The van der Waals surface area contributed by atoms with Gasteiger partial charge >= 0.3 is 0 Å². The Morgan fingerprint density at radius 3 is 1.20 bits per heavy atom. The first-order valence-electron chi connectivity index (χ1n) is 23.1. The van der Waals surface area contributed by atoms with Crippen molar-refractivity contribution in [1.82, 2.24) is 9.80 Å². The van der Waals surface area contributed by atoms with E-state index in [1.165, 1.54) is 43.2 Å². The van der Waals surface area contributed by atoms with E-state index in [4.69, 9.17) is 0 Å². The predicted molar refractivity (Wildman–Crippen MR) is 238 cm³/mol. The maximum Gasteiger partial charge on any atom is 0.261 e. The molecule has 312 valence electrons. The highest BCUT2D eigenvalue weighted by molar-refractivity contribution is 6.33. The van der Waals surface area contributed by atoms with E-state index in [9.17, 15) is 19.2 Å². The van der Waals surface area contributed by atoms with Gasteiger partial charge < -0.3 is 0 Å². The summed E-state index contributed by atoms with van der Waals surface area (Å²) in [6.07, 6.45) is 10.2. The fourth-order valence-corrected chi connectivity index (χ4v) is 14.3. The van der Waals surface area contributed by atoms with E-state index in [1.807, 2.05) is 0 Å². The number of benzene rings is 4. The summed E-state index contributed by atoms with van der Waals surface area (Å²) >= 11 is 0. The van der Waals surface area contributed by atoms with Crippen LogP contribution in [0.5, 0.6) is 0 Å². The number of fused-ring (bicyclic) bond motifs is 6. The van der Waals surface area contributed by atoms with Gasteiger partial charge in [0.05, 0.1) is 0 Å². The van der Waals surface area contributed by atoms with E-state index in [1.54, 1.807) is 24.3 Å². The summed E-state index contributed by atoms with van der Waals surface area (Å²) in [5, 5.41) is 0.927. The standard InChI is InChI=1S/C54H62N2O4/c1-31(2)35-13-11-33-15-21-43-51(5,23-9-25-53(43,7)41(33)27-35)29-55-47(57)37-17-19-39-46-40(20-18-38(45(37)46)48(55)58)50(60)56(49(39)59)30-52(6)24-10-26-54(8)42-28-36(32(3)4)14-12-34(42)16-22-44(52)54/h11-14,17-20,27-28,31-32,43-44H,9-10,15-16,21-26,29-30H2,1-8H3/t43-,44-,51-,52-,53+,54+/m0/s1. The molecule has 2 fully saturated rings. The summed E-state index contributed by atoms with van der Waals surface area (Å²) < 4.78 is 0. The molecule has 2 saturated carbocycles. The topological polar surface area (TPSA) is 74.8 Å². The number of carbonyl (C=O) groups is 4. The number of carbonyl (C=O) groups excluding carboxylic acids is 4. The molecule has 0 radical (unpaired) electrons. The second-order valence-corrected chi connectivity index (χ2v) is 21.6. The number of amides is 4. The summed E-state index contributed by atoms with van der Waals surface area (Å²) in [5.74, 6) is 0.237. The van der Waals surface area contributed by atoms with Crippen LogP contribution in [0.2, 0.25) is 0 Å². The normalized spacial score (nSPS) is 30.8. The third kappa shape index (κ3) is 5.50. The Labute approximate surface area is 356 Å². The molecular weight excluding hydrogens is 741 g/mol. The van der Waals surface area contributed by atoms with Gasteiger partial charge in [-0.3, -0.25) is 29.0 Å². The molecule has 0 N–H and O–H groups in total. The SMILES string of the molecule is CC(C)c1ccc2c(c1)[C@@]1(C)CCC[C@@](C)(CN3C(=O)c4ccc5c6c(ccc(c46)C3=O)C(=O)N(C[C@]3(C)CCC[C@]4(C)c6cc(C(C)C)ccc6CC[C@@H]34)C5=O)[C@@H]1CC2. The van der Waals surface area contributed by atoms with Crippen LogP contribution in [0.3, 0.4) is 0 Å². The van der Waals surface area contributed by atoms with E-state index >= 15 is 0 Å². The lowest BCUT2D eigenvalue weighted by molar-refractivity contribution is -0.000110. The monoisotopic (exact) mass is 802 g/mol. The molecule has 6 nitrogen and oxygen atoms in total. The van der Waals surface area contributed by atoms with Gasteiger partial charge in [0.2, 0.25) is 0 Å². The molecule has 6 heteroatoms. The largest absolute Gasteiger partial charge is 0.274 e. The summed E-state index contributed by atoms with van der Waals surface area (Å²) in [6, 6.07) is 21.1. The van der Waals surface area contributed by atoms with Crippen LogP contribution in [0.25, 0.3) is 10.8 Å². The van der Waals surface area contributed by atoms with E-state index in [-0.39, 0.29) is 45.3 Å². The minimum Gasteiger partial charge on any atom is -0.274 e. The lowest BCUT2D eigenvalue weighted by atomic mass is 9.49. The minimum atomic E-state index is -0.322. The highest BCUT2D eigenvalue weighted by atomic mass is 16.2. The third-order valence-corrected chi connectivity index (χ3v) is 17.4. The van der Waals surface area contributed by atoms with Gasteiger partial charge in [0.1, 0.15) is 0 Å². The summed E-state index contributed by atoms with van der Waals surface area (Å²) in [7, 11) is 0. The lowest BCUT2D eigenvalue weighted by Gasteiger charge is -2.56. The second kappa shape index (κ2) is 13.5. The first-order valence-corrected chi connectivity index (χ1v) is 23.1. The zero-order valence-corrected chi connectivity index (χ0v) is 37.1. The van der Waals surface area contributed by atoms with Gasteiger partial charge in [-0.1, -0.05) is 105 Å². The van der Waals surface area contributed by atoms with Crippen LogP contribution < -0.4 is 0 Å². The second-order valence-electron chi connectivity index (χ2n) is 21.6. The van der Waals surface area contributed by atoms with Crippen molar-refractivity contribution in [1.29, 1.82) is 0 Å². The van der Waals surface area contributed by atoms with Crippen molar-refractivity contribution < 1.29 is 19.2 Å². The molecule has 2 aliphatic heterocycles. The van der Waals surface area contributed by atoms with Crippen LogP contribution in [0.1, 0.15) is 193 Å². The lowest BCUT2D eigenvalue weighted by Crippen LogP contribution is -2.56. The number of imide groups is 2. The van der Waals surface area contributed by atoms with Gasteiger partial charge in [-0.25, -0.2) is 0 Å². The highest BCUT2D eigenvalue weighted by Crippen LogP contribution is 2.60. The van der Waals surface area contributed by atoms with Crippen LogP contribution in [-0.4, -0.2) is 46.5 Å². The highest BCUT2D eigenvalue weighted by Gasteiger charge is 2.55. The molecule has 0 aromatic heterocycles. The zero-order chi connectivity index (χ0) is 42.3. The number of aryl methyl sites for hydroxylation is 2. The molecular formula is C54H62N2O4. The van der Waals surface area contributed by atoms with Gasteiger partial charge in [-0.05, 0) is 154 Å². The van der Waals surface area contributed by atoms with E-state index in [0.717, 1.165) is 64.2 Å². The number of hydrogen-bond donors (Lipinski definition) is 0. The quantitative estimate of drug-likeness (QED) is 0.182. The summed E-state index contributed by atoms with van der Waals surface area (Å²) in [4.78, 5) is 61.7. The van der Waals surface area contributed by atoms with Crippen molar-refractivity contribution in [3.8, 4) is 0 Å². The maximum atomic E-state index is 14.7. The Morgan fingerprint density at radius 2 is 0.867 bits per heavy atom. The van der Waals surface area contributed by atoms with Crippen molar-refractivity contribution in [2.45, 2.75) is 142 Å². The van der Waals surface area contributed by atoms with Gasteiger partial charge in [0.25, 0.3) is 23.6 Å². The van der Waals surface area contributed by atoms with Crippen LogP contribution in [0.15, 0.2) is 60.7 Å². The average Bonchev–Trinajstić information content (AvgIpc) is 3.21. The fraction of sp³-hybridized carbons (Fsp3) is 0.519. The molecule has 6 atom stereocenters. The molecule has 0 bridgehead atoms. The first-order chi connectivity index (χ1) is 28.5. The molecule has 6 aliphatic rings. The summed E-state index contributed by atoms with van der Waals surface area (Å²) in [6.45, 7) is 19.2. The molecule has 0 saturated heterocycles. The number of hydrogen-bond acceptors (Lipinski definition) is 4.